The molecule has 0 radical (unpaired) electrons. The molecule has 2 amide bonds. The first kappa shape index (κ1) is 18.9. The van der Waals surface area contributed by atoms with E-state index in [-0.39, 0.29) is 29.1 Å². The lowest BCUT2D eigenvalue weighted by Gasteiger charge is -2.20. The third-order valence-electron chi connectivity index (χ3n) is 3.98. The van der Waals surface area contributed by atoms with Crippen molar-refractivity contribution in [3.05, 3.63) is 38.9 Å². The van der Waals surface area contributed by atoms with Gasteiger partial charge in [0.1, 0.15) is 0 Å². The molecule has 1 aliphatic rings. The van der Waals surface area contributed by atoms with Crippen molar-refractivity contribution in [3.63, 3.8) is 0 Å². The normalized spacial score (nSPS) is 15.1. The first-order valence-corrected chi connectivity index (χ1v) is 8.38. The molecule has 25 heavy (non-hydrogen) atoms. The van der Waals surface area contributed by atoms with Gasteiger partial charge in [-0.25, -0.2) is 5.43 Å². The number of nitro groups is 1. The minimum atomic E-state index is -0.549. The van der Waals surface area contributed by atoms with Crippen LogP contribution in [0.25, 0.3) is 0 Å². The van der Waals surface area contributed by atoms with E-state index in [1.165, 1.54) is 24.4 Å². The summed E-state index contributed by atoms with van der Waals surface area (Å²) in [6.45, 7) is -0.171. The van der Waals surface area contributed by atoms with Gasteiger partial charge in [0.25, 0.3) is 11.6 Å². The van der Waals surface area contributed by atoms with Crippen molar-refractivity contribution >= 4 is 35.3 Å². The molecule has 2 rings (SSSR count). The molecule has 2 N–H and O–H groups in total. The van der Waals surface area contributed by atoms with E-state index < -0.39 is 10.8 Å². The number of nitro benzene ring substituents is 1. The number of non-ortho nitro benzene ring substituents is 1. The van der Waals surface area contributed by atoms with Gasteiger partial charge >= 0.3 is 0 Å². The number of halogens is 1. The molecule has 1 aromatic rings. The molecule has 1 fully saturated rings. The predicted molar refractivity (Wildman–Crippen MR) is 93.4 cm³/mol. The number of carbonyl (C=O) groups excluding carboxylic acids is 2. The number of amides is 2. The Morgan fingerprint density at radius 1 is 1.32 bits per heavy atom. The highest BCUT2D eigenvalue weighted by molar-refractivity contribution is 6.33. The summed E-state index contributed by atoms with van der Waals surface area (Å²) in [5.41, 5.74) is 2.43. The van der Waals surface area contributed by atoms with Gasteiger partial charge in [0, 0.05) is 28.6 Å². The monoisotopic (exact) mass is 366 g/mol. The average Bonchev–Trinajstić information content (AvgIpc) is 2.61. The highest BCUT2D eigenvalue weighted by Crippen LogP contribution is 2.23. The highest BCUT2D eigenvalue weighted by Gasteiger charge is 2.21. The second kappa shape index (κ2) is 9.12. The van der Waals surface area contributed by atoms with Gasteiger partial charge in [0.05, 0.1) is 17.7 Å². The number of rotatable bonds is 6. The Labute approximate surface area is 149 Å². The third-order valence-corrected chi connectivity index (χ3v) is 4.33. The summed E-state index contributed by atoms with van der Waals surface area (Å²) >= 11 is 5.92. The molecule has 8 nitrogen and oxygen atoms in total. The molecule has 0 bridgehead atoms. The molecule has 1 saturated carbocycles. The lowest BCUT2D eigenvalue weighted by atomic mass is 9.89. The molecule has 134 valence electrons. The SMILES string of the molecule is O=C(CNC(=O)C1CCCCC1)NN=Cc1cc([N+](=O)[O-])ccc1Cl. The van der Waals surface area contributed by atoms with E-state index in [9.17, 15) is 19.7 Å². The molecule has 0 aliphatic heterocycles. The fourth-order valence-corrected chi connectivity index (χ4v) is 2.80. The second-order valence-electron chi connectivity index (χ2n) is 5.81. The lowest BCUT2D eigenvalue weighted by molar-refractivity contribution is -0.384. The van der Waals surface area contributed by atoms with Gasteiger partial charge in [0.15, 0.2) is 0 Å². The zero-order chi connectivity index (χ0) is 18.2. The van der Waals surface area contributed by atoms with Crippen LogP contribution in [0.5, 0.6) is 0 Å². The number of nitrogens with one attached hydrogen (secondary N) is 2. The first-order valence-electron chi connectivity index (χ1n) is 8.01. The molecule has 1 aromatic carbocycles. The van der Waals surface area contributed by atoms with Crippen LogP contribution in [0, 0.1) is 16.0 Å². The highest BCUT2D eigenvalue weighted by atomic mass is 35.5. The summed E-state index contributed by atoms with van der Waals surface area (Å²) < 4.78 is 0. The van der Waals surface area contributed by atoms with Crippen LogP contribution in [0.4, 0.5) is 5.69 Å². The van der Waals surface area contributed by atoms with E-state index in [1.54, 1.807) is 0 Å². The Hall–Kier alpha value is -2.48. The molecular weight excluding hydrogens is 348 g/mol. The van der Waals surface area contributed by atoms with Crippen molar-refractivity contribution in [3.8, 4) is 0 Å². The topological polar surface area (TPSA) is 114 Å². The molecule has 0 heterocycles. The maximum absolute atomic E-state index is 11.9. The van der Waals surface area contributed by atoms with Crippen molar-refractivity contribution < 1.29 is 14.5 Å². The van der Waals surface area contributed by atoms with Crippen LogP contribution in [0.1, 0.15) is 37.7 Å². The maximum Gasteiger partial charge on any atom is 0.270 e. The summed E-state index contributed by atoms with van der Waals surface area (Å²) in [6.07, 6.45) is 6.17. The van der Waals surface area contributed by atoms with Gasteiger partial charge in [0.2, 0.25) is 5.91 Å². The van der Waals surface area contributed by atoms with Crippen LogP contribution in [-0.4, -0.2) is 29.5 Å². The summed E-state index contributed by atoms with van der Waals surface area (Å²) in [6, 6.07) is 3.91. The summed E-state index contributed by atoms with van der Waals surface area (Å²) in [4.78, 5) is 33.8. The summed E-state index contributed by atoms with van der Waals surface area (Å²) in [5, 5.41) is 17.3. The Balaban J connectivity index is 1.81. The van der Waals surface area contributed by atoms with E-state index in [0.717, 1.165) is 32.1 Å². The molecule has 0 unspecified atom stereocenters. The molecule has 1 aliphatic carbocycles. The lowest BCUT2D eigenvalue weighted by Crippen LogP contribution is -2.38. The number of hydrogen-bond donors (Lipinski definition) is 2. The van der Waals surface area contributed by atoms with Crippen LogP contribution in [0.15, 0.2) is 23.3 Å². The van der Waals surface area contributed by atoms with Gasteiger partial charge in [-0.05, 0) is 18.9 Å². The third kappa shape index (κ3) is 5.82. The van der Waals surface area contributed by atoms with Crippen molar-refractivity contribution in [1.82, 2.24) is 10.7 Å². The molecule has 0 atom stereocenters. The van der Waals surface area contributed by atoms with Crippen molar-refractivity contribution in [1.29, 1.82) is 0 Å². The zero-order valence-corrected chi connectivity index (χ0v) is 14.3. The molecule has 9 heteroatoms. The fourth-order valence-electron chi connectivity index (χ4n) is 2.63. The van der Waals surface area contributed by atoms with Gasteiger partial charge in [-0.15, -0.1) is 0 Å². The molecule has 0 saturated heterocycles. The average molecular weight is 367 g/mol. The predicted octanol–water partition coefficient (Wildman–Crippen LogP) is 2.39. The van der Waals surface area contributed by atoms with E-state index in [0.29, 0.717) is 5.56 Å². The number of benzene rings is 1. The Kier molecular flexibility index (Phi) is 6.88. The Bertz CT molecular complexity index is 687. The maximum atomic E-state index is 11.9. The van der Waals surface area contributed by atoms with Gasteiger partial charge in [-0.1, -0.05) is 30.9 Å². The zero-order valence-electron chi connectivity index (χ0n) is 13.5. The summed E-state index contributed by atoms with van der Waals surface area (Å²) in [7, 11) is 0. The second-order valence-corrected chi connectivity index (χ2v) is 6.22. The standard InChI is InChI=1S/C16H19ClN4O4/c17-14-7-6-13(21(24)25)8-12(14)9-19-20-15(22)10-18-16(23)11-4-2-1-3-5-11/h6-9,11H,1-5,10H2,(H,18,23)(H,20,22). The van der Waals surface area contributed by atoms with Gasteiger partial charge < -0.3 is 5.32 Å². The van der Waals surface area contributed by atoms with Crippen LogP contribution in [0.3, 0.4) is 0 Å². The van der Waals surface area contributed by atoms with Crippen LogP contribution < -0.4 is 10.7 Å². The van der Waals surface area contributed by atoms with Crippen molar-refractivity contribution in [2.75, 3.05) is 6.54 Å². The number of carbonyl (C=O) groups is 2. The van der Waals surface area contributed by atoms with Gasteiger partial charge in [-0.2, -0.15) is 5.10 Å². The fraction of sp³-hybridized carbons (Fsp3) is 0.438. The molecule has 0 spiro atoms. The van der Waals surface area contributed by atoms with Crippen molar-refractivity contribution in [2.45, 2.75) is 32.1 Å². The first-order chi connectivity index (χ1) is 12.0. The van der Waals surface area contributed by atoms with Crippen LogP contribution in [-0.2, 0) is 9.59 Å². The Morgan fingerprint density at radius 3 is 2.72 bits per heavy atom. The summed E-state index contributed by atoms with van der Waals surface area (Å²) in [5.74, 6) is -0.615. The van der Waals surface area contributed by atoms with E-state index >= 15 is 0 Å². The quantitative estimate of drug-likeness (QED) is 0.457. The number of hydrogen-bond acceptors (Lipinski definition) is 5. The minimum absolute atomic E-state index is 0.0197. The molecule has 0 aromatic heterocycles. The Morgan fingerprint density at radius 2 is 2.04 bits per heavy atom. The smallest absolute Gasteiger partial charge is 0.270 e. The van der Waals surface area contributed by atoms with E-state index in [4.69, 9.17) is 11.6 Å². The van der Waals surface area contributed by atoms with Crippen LogP contribution >= 0.6 is 11.6 Å². The molecular formula is C16H19ClN4O4. The largest absolute Gasteiger partial charge is 0.347 e. The van der Waals surface area contributed by atoms with Crippen LogP contribution in [0.2, 0.25) is 5.02 Å². The van der Waals surface area contributed by atoms with Crippen molar-refractivity contribution in [2.24, 2.45) is 11.0 Å². The van der Waals surface area contributed by atoms with E-state index in [1.807, 2.05) is 0 Å². The number of hydrazone groups is 1. The van der Waals surface area contributed by atoms with Gasteiger partial charge in [-0.3, -0.25) is 19.7 Å². The van der Waals surface area contributed by atoms with E-state index in [2.05, 4.69) is 15.8 Å². The number of nitrogens with zero attached hydrogens (tertiary/aromatic N) is 2. The minimum Gasteiger partial charge on any atom is -0.347 e.